The topological polar surface area (TPSA) is 26.0 Å². The lowest BCUT2D eigenvalue weighted by molar-refractivity contribution is 0.156. The molecule has 2 N–H and O–H groups in total. The summed E-state index contributed by atoms with van der Waals surface area (Å²) in [7, 11) is 0. The van der Waals surface area contributed by atoms with E-state index >= 15 is 0 Å². The molecular weight excluding hydrogens is 194 g/mol. The molecule has 16 heavy (non-hydrogen) atoms. The van der Waals surface area contributed by atoms with E-state index < -0.39 is 0 Å². The molecule has 0 saturated heterocycles. The van der Waals surface area contributed by atoms with Crippen molar-refractivity contribution in [1.82, 2.24) is 0 Å². The van der Waals surface area contributed by atoms with Crippen LogP contribution in [0.4, 0.5) is 0 Å². The van der Waals surface area contributed by atoms with E-state index in [0.717, 1.165) is 0 Å². The van der Waals surface area contributed by atoms with Crippen molar-refractivity contribution >= 4 is 0 Å². The Morgan fingerprint density at radius 2 is 1.88 bits per heavy atom. The number of rotatable bonds is 4. The minimum absolute atomic E-state index is 0.274. The molecule has 2 rings (SSSR count). The van der Waals surface area contributed by atoms with E-state index in [4.69, 9.17) is 5.73 Å². The van der Waals surface area contributed by atoms with Gasteiger partial charge in [-0.1, -0.05) is 57.0 Å². The zero-order valence-corrected chi connectivity index (χ0v) is 10.4. The van der Waals surface area contributed by atoms with Gasteiger partial charge in [-0.25, -0.2) is 0 Å². The largest absolute Gasteiger partial charge is 0.327 e. The molecule has 0 radical (unpaired) electrons. The van der Waals surface area contributed by atoms with Crippen LogP contribution < -0.4 is 5.73 Å². The summed E-state index contributed by atoms with van der Waals surface area (Å²) in [5.74, 6) is 0.612. The van der Waals surface area contributed by atoms with E-state index in [-0.39, 0.29) is 5.41 Å². The molecule has 0 spiro atoms. The predicted octanol–water partition coefficient (Wildman–Crippen LogP) is 3.48. The SMILES string of the molecule is CCC(C)C(N)C1(c2ccccc2)CCC1. The Bertz CT molecular complexity index is 327. The van der Waals surface area contributed by atoms with Gasteiger partial charge in [0, 0.05) is 11.5 Å². The molecule has 1 aliphatic rings. The first-order chi connectivity index (χ1) is 7.70. The predicted molar refractivity (Wildman–Crippen MR) is 69.4 cm³/mol. The fourth-order valence-corrected chi connectivity index (χ4v) is 2.94. The molecule has 2 atom stereocenters. The molecule has 1 nitrogen and oxygen atoms in total. The third kappa shape index (κ3) is 1.78. The fourth-order valence-electron chi connectivity index (χ4n) is 2.94. The summed E-state index contributed by atoms with van der Waals surface area (Å²) in [4.78, 5) is 0. The second-order valence-corrected chi connectivity index (χ2v) is 5.29. The van der Waals surface area contributed by atoms with Gasteiger partial charge in [0.25, 0.3) is 0 Å². The van der Waals surface area contributed by atoms with Gasteiger partial charge >= 0.3 is 0 Å². The highest BCUT2D eigenvalue weighted by molar-refractivity contribution is 5.30. The summed E-state index contributed by atoms with van der Waals surface area (Å²) in [5, 5.41) is 0. The summed E-state index contributed by atoms with van der Waals surface area (Å²) in [6.45, 7) is 4.52. The monoisotopic (exact) mass is 217 g/mol. The van der Waals surface area contributed by atoms with Crippen LogP contribution in [0.3, 0.4) is 0 Å². The fraction of sp³-hybridized carbons (Fsp3) is 0.600. The summed E-state index contributed by atoms with van der Waals surface area (Å²) in [6.07, 6.45) is 5.04. The van der Waals surface area contributed by atoms with Gasteiger partial charge in [0.15, 0.2) is 0 Å². The minimum atomic E-state index is 0.274. The van der Waals surface area contributed by atoms with Crippen molar-refractivity contribution in [2.45, 2.75) is 51.0 Å². The van der Waals surface area contributed by atoms with E-state index in [9.17, 15) is 0 Å². The van der Waals surface area contributed by atoms with Gasteiger partial charge in [0.1, 0.15) is 0 Å². The van der Waals surface area contributed by atoms with Crippen LogP contribution in [0.2, 0.25) is 0 Å². The average molecular weight is 217 g/mol. The second-order valence-electron chi connectivity index (χ2n) is 5.29. The highest BCUT2D eigenvalue weighted by Crippen LogP contribution is 2.47. The van der Waals surface area contributed by atoms with Crippen molar-refractivity contribution in [3.05, 3.63) is 35.9 Å². The van der Waals surface area contributed by atoms with Crippen LogP contribution >= 0.6 is 0 Å². The van der Waals surface area contributed by atoms with Crippen LogP contribution in [-0.2, 0) is 5.41 Å². The summed E-state index contributed by atoms with van der Waals surface area (Å²) in [6, 6.07) is 11.2. The van der Waals surface area contributed by atoms with Gasteiger partial charge in [-0.3, -0.25) is 0 Å². The maximum absolute atomic E-state index is 6.50. The second kappa shape index (κ2) is 4.58. The molecule has 1 heteroatoms. The van der Waals surface area contributed by atoms with E-state index in [1.54, 1.807) is 0 Å². The van der Waals surface area contributed by atoms with Gasteiger partial charge in [-0.15, -0.1) is 0 Å². The van der Waals surface area contributed by atoms with Gasteiger partial charge in [0.05, 0.1) is 0 Å². The van der Waals surface area contributed by atoms with Crippen LogP contribution in [0.15, 0.2) is 30.3 Å². The van der Waals surface area contributed by atoms with Crippen molar-refractivity contribution in [1.29, 1.82) is 0 Å². The molecule has 1 aromatic rings. The lowest BCUT2D eigenvalue weighted by Crippen LogP contribution is -2.53. The lowest BCUT2D eigenvalue weighted by atomic mass is 9.58. The molecule has 1 aromatic carbocycles. The van der Waals surface area contributed by atoms with Crippen molar-refractivity contribution in [3.63, 3.8) is 0 Å². The molecule has 1 aliphatic carbocycles. The zero-order valence-electron chi connectivity index (χ0n) is 10.4. The number of benzene rings is 1. The van der Waals surface area contributed by atoms with Gasteiger partial charge < -0.3 is 5.73 Å². The standard InChI is InChI=1S/C15H23N/c1-3-12(2)14(16)15(10-7-11-15)13-8-5-4-6-9-13/h4-6,8-9,12,14H,3,7,10-11,16H2,1-2H3. The molecule has 0 aliphatic heterocycles. The Hall–Kier alpha value is -0.820. The van der Waals surface area contributed by atoms with Crippen LogP contribution in [0.25, 0.3) is 0 Å². The molecule has 88 valence electrons. The maximum Gasteiger partial charge on any atom is 0.0162 e. The summed E-state index contributed by atoms with van der Waals surface area (Å²) < 4.78 is 0. The van der Waals surface area contributed by atoms with Gasteiger partial charge in [-0.2, -0.15) is 0 Å². The number of hydrogen-bond donors (Lipinski definition) is 1. The summed E-state index contributed by atoms with van der Waals surface area (Å²) in [5.41, 5.74) is 8.23. The molecule has 0 aromatic heterocycles. The highest BCUT2D eigenvalue weighted by Gasteiger charge is 2.45. The van der Waals surface area contributed by atoms with E-state index in [2.05, 4.69) is 44.2 Å². The molecule has 0 amide bonds. The molecule has 2 unspecified atom stereocenters. The van der Waals surface area contributed by atoms with E-state index in [0.29, 0.717) is 12.0 Å². The van der Waals surface area contributed by atoms with Gasteiger partial charge in [0.2, 0.25) is 0 Å². The summed E-state index contributed by atoms with van der Waals surface area (Å²) >= 11 is 0. The Labute approximate surface area is 99.0 Å². The molecule has 0 heterocycles. The van der Waals surface area contributed by atoms with Gasteiger partial charge in [-0.05, 0) is 24.3 Å². The first-order valence-corrected chi connectivity index (χ1v) is 6.52. The van der Waals surface area contributed by atoms with Crippen molar-refractivity contribution in [3.8, 4) is 0 Å². The maximum atomic E-state index is 6.50. The normalized spacial score (nSPS) is 22.2. The molecular formula is C15H23N. The van der Waals surface area contributed by atoms with E-state index in [1.165, 1.54) is 31.2 Å². The average Bonchev–Trinajstić information content (AvgIpc) is 2.28. The third-order valence-electron chi connectivity index (χ3n) is 4.49. The highest BCUT2D eigenvalue weighted by atomic mass is 14.7. The zero-order chi connectivity index (χ0) is 11.6. The van der Waals surface area contributed by atoms with Crippen LogP contribution in [0, 0.1) is 5.92 Å². The van der Waals surface area contributed by atoms with Crippen LogP contribution in [-0.4, -0.2) is 6.04 Å². The number of hydrogen-bond acceptors (Lipinski definition) is 1. The first kappa shape index (κ1) is 11.7. The molecule has 0 bridgehead atoms. The minimum Gasteiger partial charge on any atom is -0.327 e. The Balaban J connectivity index is 2.26. The third-order valence-corrected chi connectivity index (χ3v) is 4.49. The lowest BCUT2D eigenvalue weighted by Gasteiger charge is -2.49. The van der Waals surface area contributed by atoms with Crippen molar-refractivity contribution in [2.24, 2.45) is 11.7 Å². The quantitative estimate of drug-likeness (QED) is 0.821. The molecule has 1 saturated carbocycles. The number of nitrogens with two attached hydrogens (primary N) is 1. The van der Waals surface area contributed by atoms with Crippen LogP contribution in [0.5, 0.6) is 0 Å². The Kier molecular flexibility index (Phi) is 3.34. The van der Waals surface area contributed by atoms with Crippen LogP contribution in [0.1, 0.15) is 45.1 Å². The van der Waals surface area contributed by atoms with Crippen molar-refractivity contribution in [2.75, 3.05) is 0 Å². The molecule has 1 fully saturated rings. The van der Waals surface area contributed by atoms with Crippen molar-refractivity contribution < 1.29 is 0 Å². The Morgan fingerprint density at radius 3 is 2.31 bits per heavy atom. The smallest absolute Gasteiger partial charge is 0.0162 e. The first-order valence-electron chi connectivity index (χ1n) is 6.52. The Morgan fingerprint density at radius 1 is 1.25 bits per heavy atom. The van der Waals surface area contributed by atoms with E-state index in [1.807, 2.05) is 0 Å².